The molecule has 1 fully saturated rings. The number of benzene rings is 1. The number of rotatable bonds is 5. The second-order valence-electron chi connectivity index (χ2n) is 7.32. The Balaban J connectivity index is 1.68. The third-order valence-electron chi connectivity index (χ3n) is 5.05. The van der Waals surface area contributed by atoms with E-state index in [0.717, 1.165) is 36.8 Å². The van der Waals surface area contributed by atoms with E-state index in [2.05, 4.69) is 34.1 Å². The number of piperidine rings is 1. The fourth-order valence-corrected chi connectivity index (χ4v) is 3.64. The Morgan fingerprint density at radius 3 is 2.92 bits per heavy atom. The molecule has 134 valence electrons. The van der Waals surface area contributed by atoms with Gasteiger partial charge in [0.2, 0.25) is 5.91 Å². The molecule has 0 spiro atoms. The number of hydrogen-bond donors (Lipinski definition) is 1. The van der Waals surface area contributed by atoms with Crippen molar-refractivity contribution in [3.63, 3.8) is 0 Å². The highest BCUT2D eigenvalue weighted by molar-refractivity contribution is 5.81. The van der Waals surface area contributed by atoms with E-state index < -0.39 is 5.60 Å². The van der Waals surface area contributed by atoms with Gasteiger partial charge in [-0.3, -0.25) is 14.7 Å². The molecule has 0 aliphatic carbocycles. The van der Waals surface area contributed by atoms with Crippen LogP contribution in [-0.2, 0) is 11.3 Å². The lowest BCUT2D eigenvalue weighted by atomic mass is 9.88. The van der Waals surface area contributed by atoms with Gasteiger partial charge in [0.15, 0.2) is 0 Å². The summed E-state index contributed by atoms with van der Waals surface area (Å²) in [7, 11) is 3.51. The third kappa shape index (κ3) is 4.35. The number of carbonyl (C=O) groups excluding carboxylic acids is 1. The quantitative estimate of drug-likeness (QED) is 0.907. The topological polar surface area (TPSA) is 56.7 Å². The van der Waals surface area contributed by atoms with Crippen LogP contribution in [0.2, 0.25) is 0 Å². The van der Waals surface area contributed by atoms with Crippen molar-refractivity contribution in [1.82, 2.24) is 14.8 Å². The second-order valence-corrected chi connectivity index (χ2v) is 7.32. The molecule has 0 saturated carbocycles. The number of aliphatic hydroxyl groups is 1. The second kappa shape index (κ2) is 7.50. The van der Waals surface area contributed by atoms with Gasteiger partial charge in [-0.15, -0.1) is 0 Å². The first-order valence-electron chi connectivity index (χ1n) is 8.94. The minimum Gasteiger partial charge on any atom is -0.389 e. The lowest BCUT2D eigenvalue weighted by Gasteiger charge is -2.39. The summed E-state index contributed by atoms with van der Waals surface area (Å²) in [4.78, 5) is 20.2. The van der Waals surface area contributed by atoms with Crippen molar-refractivity contribution in [3.05, 3.63) is 42.1 Å². The van der Waals surface area contributed by atoms with Crippen molar-refractivity contribution < 1.29 is 9.90 Å². The maximum absolute atomic E-state index is 11.8. The van der Waals surface area contributed by atoms with Gasteiger partial charge in [0, 0.05) is 45.2 Å². The zero-order chi connectivity index (χ0) is 17.9. The van der Waals surface area contributed by atoms with Crippen molar-refractivity contribution in [3.8, 4) is 0 Å². The van der Waals surface area contributed by atoms with E-state index in [0.29, 0.717) is 19.4 Å². The summed E-state index contributed by atoms with van der Waals surface area (Å²) in [6.45, 7) is 2.35. The largest absolute Gasteiger partial charge is 0.389 e. The fraction of sp³-hybridized carbons (Fsp3) is 0.500. The molecule has 0 bridgehead atoms. The molecular weight excluding hydrogens is 314 g/mol. The SMILES string of the molecule is CN(C)C(=O)CC[C@]1(O)CCCN(Cc2cccc3cccnc23)C1. The number of nitrogens with zero attached hydrogens (tertiary/aromatic N) is 3. The first-order valence-corrected chi connectivity index (χ1v) is 8.94. The lowest BCUT2D eigenvalue weighted by molar-refractivity contribution is -0.130. The molecule has 5 heteroatoms. The predicted octanol–water partition coefficient (Wildman–Crippen LogP) is 2.43. The zero-order valence-corrected chi connectivity index (χ0v) is 15.1. The molecular formula is C20H27N3O2. The Kier molecular flexibility index (Phi) is 5.35. The van der Waals surface area contributed by atoms with Crippen LogP contribution < -0.4 is 0 Å². The standard InChI is InChI=1S/C20H27N3O2/c1-22(2)18(24)9-11-20(25)10-5-13-23(15-20)14-17-7-3-6-16-8-4-12-21-19(16)17/h3-4,6-8,12,25H,5,9-11,13-15H2,1-2H3/t20-/m1/s1. The number of pyridine rings is 1. The van der Waals surface area contributed by atoms with E-state index >= 15 is 0 Å². The van der Waals surface area contributed by atoms with Crippen LogP contribution in [0.3, 0.4) is 0 Å². The third-order valence-corrected chi connectivity index (χ3v) is 5.05. The lowest BCUT2D eigenvalue weighted by Crippen LogP contribution is -2.48. The van der Waals surface area contributed by atoms with E-state index in [9.17, 15) is 9.90 Å². The van der Waals surface area contributed by atoms with Crippen LogP contribution in [0.25, 0.3) is 10.9 Å². The molecule has 1 aromatic carbocycles. The first-order chi connectivity index (χ1) is 12.0. The Bertz CT molecular complexity index is 741. The fourth-order valence-electron chi connectivity index (χ4n) is 3.64. The highest BCUT2D eigenvalue weighted by Gasteiger charge is 2.33. The van der Waals surface area contributed by atoms with Gasteiger partial charge in [-0.25, -0.2) is 0 Å². The van der Waals surface area contributed by atoms with Crippen molar-refractivity contribution in [2.45, 2.75) is 37.8 Å². The van der Waals surface area contributed by atoms with E-state index in [-0.39, 0.29) is 5.91 Å². The highest BCUT2D eigenvalue weighted by atomic mass is 16.3. The summed E-state index contributed by atoms with van der Waals surface area (Å²) in [6.07, 6.45) is 4.45. The van der Waals surface area contributed by atoms with Gasteiger partial charge in [0.05, 0.1) is 11.1 Å². The number of hydrogen-bond acceptors (Lipinski definition) is 4. The van der Waals surface area contributed by atoms with Crippen LogP contribution in [0.5, 0.6) is 0 Å². The smallest absolute Gasteiger partial charge is 0.222 e. The molecule has 0 unspecified atom stereocenters. The molecule has 3 rings (SSSR count). The molecule has 2 heterocycles. The summed E-state index contributed by atoms with van der Waals surface area (Å²) >= 11 is 0. The summed E-state index contributed by atoms with van der Waals surface area (Å²) in [6, 6.07) is 10.3. The van der Waals surface area contributed by atoms with Crippen LogP contribution in [0.1, 0.15) is 31.2 Å². The van der Waals surface area contributed by atoms with Gasteiger partial charge in [0.1, 0.15) is 0 Å². The molecule has 25 heavy (non-hydrogen) atoms. The van der Waals surface area contributed by atoms with E-state index in [1.807, 2.05) is 12.3 Å². The molecule has 2 aromatic rings. The van der Waals surface area contributed by atoms with Crippen LogP contribution in [0, 0.1) is 0 Å². The number of para-hydroxylation sites is 1. The molecule has 1 aliphatic heterocycles. The van der Waals surface area contributed by atoms with Crippen LogP contribution >= 0.6 is 0 Å². The highest BCUT2D eigenvalue weighted by Crippen LogP contribution is 2.28. The van der Waals surface area contributed by atoms with Gasteiger partial charge in [0.25, 0.3) is 0 Å². The molecule has 1 saturated heterocycles. The molecule has 1 aromatic heterocycles. The Hall–Kier alpha value is -1.98. The molecule has 0 radical (unpaired) electrons. The summed E-state index contributed by atoms with van der Waals surface area (Å²) in [5.74, 6) is 0.0730. The van der Waals surface area contributed by atoms with Gasteiger partial charge in [-0.05, 0) is 37.4 Å². The monoisotopic (exact) mass is 341 g/mol. The minimum absolute atomic E-state index is 0.0730. The van der Waals surface area contributed by atoms with Gasteiger partial charge in [-0.1, -0.05) is 24.3 Å². The maximum atomic E-state index is 11.8. The Morgan fingerprint density at radius 2 is 2.12 bits per heavy atom. The number of likely N-dealkylation sites (tertiary alicyclic amines) is 1. The van der Waals surface area contributed by atoms with Crippen molar-refractivity contribution in [2.24, 2.45) is 0 Å². The number of aromatic nitrogens is 1. The number of β-amino-alcohol motifs (C(OH)–C–C–N with tert-alkyl or cyclic N) is 1. The normalized spacial score (nSPS) is 21.4. The molecule has 5 nitrogen and oxygen atoms in total. The predicted molar refractivity (Wildman–Crippen MR) is 99.1 cm³/mol. The molecule has 1 aliphatic rings. The van der Waals surface area contributed by atoms with Crippen LogP contribution in [0.4, 0.5) is 0 Å². The molecule has 1 N–H and O–H groups in total. The van der Waals surface area contributed by atoms with E-state index in [1.54, 1.807) is 19.0 Å². The van der Waals surface area contributed by atoms with Gasteiger partial charge < -0.3 is 10.0 Å². The summed E-state index contributed by atoms with van der Waals surface area (Å²) in [5, 5.41) is 12.1. The number of fused-ring (bicyclic) bond motifs is 1. The van der Waals surface area contributed by atoms with E-state index in [4.69, 9.17) is 0 Å². The maximum Gasteiger partial charge on any atom is 0.222 e. The summed E-state index contributed by atoms with van der Waals surface area (Å²) < 4.78 is 0. The van der Waals surface area contributed by atoms with Crippen molar-refractivity contribution >= 4 is 16.8 Å². The zero-order valence-electron chi connectivity index (χ0n) is 15.1. The van der Waals surface area contributed by atoms with Crippen LogP contribution in [0.15, 0.2) is 36.5 Å². The Morgan fingerprint density at radius 1 is 1.32 bits per heavy atom. The first kappa shape index (κ1) is 17.8. The van der Waals surface area contributed by atoms with Gasteiger partial charge >= 0.3 is 0 Å². The van der Waals surface area contributed by atoms with Crippen molar-refractivity contribution in [1.29, 1.82) is 0 Å². The van der Waals surface area contributed by atoms with E-state index in [1.165, 1.54) is 5.56 Å². The van der Waals surface area contributed by atoms with Crippen molar-refractivity contribution in [2.75, 3.05) is 27.2 Å². The van der Waals surface area contributed by atoms with Gasteiger partial charge in [-0.2, -0.15) is 0 Å². The molecule has 1 atom stereocenters. The number of carbonyl (C=O) groups is 1. The summed E-state index contributed by atoms with van der Waals surface area (Å²) in [5.41, 5.74) is 1.44. The minimum atomic E-state index is -0.776. The molecule has 1 amide bonds. The Labute approximate surface area is 149 Å². The average molecular weight is 341 g/mol. The average Bonchev–Trinajstić information content (AvgIpc) is 2.60. The van der Waals surface area contributed by atoms with Crippen LogP contribution in [-0.4, -0.2) is 58.6 Å². The number of amides is 1.